The molecule has 0 radical (unpaired) electrons. The third kappa shape index (κ3) is 4.58. The quantitative estimate of drug-likeness (QED) is 0.389. The zero-order valence-electron chi connectivity index (χ0n) is 23.4. The number of rotatable bonds is 7. The fraction of sp³-hybridized carbons (Fsp3) is 0.765. The summed E-state index contributed by atoms with van der Waals surface area (Å²) < 4.78 is 0. The van der Waals surface area contributed by atoms with Gasteiger partial charge in [0.2, 0.25) is 0 Å². The minimum absolute atomic E-state index is 0.148. The lowest BCUT2D eigenvalue weighted by Crippen LogP contribution is -2.50. The van der Waals surface area contributed by atoms with Crippen molar-refractivity contribution in [2.75, 3.05) is 0 Å². The first-order valence-electron chi connectivity index (χ1n) is 15.2. The molecule has 1 aromatic rings. The molecular weight excluding hydrogens is 424 g/mol. The van der Waals surface area contributed by atoms with Gasteiger partial charge < -0.3 is 5.11 Å². The van der Waals surface area contributed by atoms with E-state index in [0.29, 0.717) is 16.7 Å². The van der Waals surface area contributed by atoms with Crippen molar-refractivity contribution in [1.82, 2.24) is 0 Å². The molecule has 4 aliphatic carbocycles. The van der Waals surface area contributed by atoms with Crippen LogP contribution < -0.4 is 0 Å². The highest BCUT2D eigenvalue weighted by Crippen LogP contribution is 2.68. The Hall–Kier alpha value is -1.08. The van der Waals surface area contributed by atoms with Gasteiger partial charge in [0.05, 0.1) is 6.61 Å². The van der Waals surface area contributed by atoms with Crippen LogP contribution in [0.1, 0.15) is 122 Å². The number of allylic oxidation sites excluding steroid dienone is 2. The average Bonchev–Trinajstić information content (AvgIpc) is 3.20. The molecule has 194 valence electrons. The minimum atomic E-state index is 0.148. The van der Waals surface area contributed by atoms with E-state index < -0.39 is 0 Å². The summed E-state index contributed by atoms with van der Waals surface area (Å²) in [6, 6.07) is 8.80. The summed E-state index contributed by atoms with van der Waals surface area (Å²) in [5.41, 5.74) is 5.33. The number of aliphatic hydroxyl groups is 1. The Balaban J connectivity index is 1.29. The minimum Gasteiger partial charge on any atom is -0.392 e. The second kappa shape index (κ2) is 10.00. The molecule has 0 bridgehead atoms. The topological polar surface area (TPSA) is 20.2 Å². The van der Waals surface area contributed by atoms with Crippen molar-refractivity contribution in [3.63, 3.8) is 0 Å². The summed E-state index contributed by atoms with van der Waals surface area (Å²) in [6.45, 7) is 12.9. The molecule has 0 heterocycles. The molecule has 0 amide bonds. The molecule has 1 unspecified atom stereocenters. The highest BCUT2D eigenvalue weighted by Gasteiger charge is 2.59. The van der Waals surface area contributed by atoms with E-state index in [1.807, 2.05) is 0 Å². The van der Waals surface area contributed by atoms with Gasteiger partial charge in [0.1, 0.15) is 0 Å². The van der Waals surface area contributed by atoms with Gasteiger partial charge in [0.25, 0.3) is 0 Å². The van der Waals surface area contributed by atoms with E-state index in [2.05, 4.69) is 65.0 Å². The fourth-order valence-electron chi connectivity index (χ4n) is 9.87. The van der Waals surface area contributed by atoms with E-state index in [9.17, 15) is 5.11 Å². The second-order valence-corrected chi connectivity index (χ2v) is 14.1. The van der Waals surface area contributed by atoms with Crippen LogP contribution in [0.3, 0.4) is 0 Å². The van der Waals surface area contributed by atoms with Crippen molar-refractivity contribution in [2.24, 2.45) is 46.3 Å². The van der Waals surface area contributed by atoms with Gasteiger partial charge in [-0.05, 0) is 115 Å². The Kier molecular flexibility index (Phi) is 7.30. The predicted molar refractivity (Wildman–Crippen MR) is 148 cm³/mol. The van der Waals surface area contributed by atoms with E-state index in [0.717, 1.165) is 41.1 Å². The molecule has 4 aliphatic rings. The molecule has 5 rings (SSSR count). The first kappa shape index (κ1) is 25.6. The highest BCUT2D eigenvalue weighted by molar-refractivity contribution is 5.32. The zero-order valence-corrected chi connectivity index (χ0v) is 23.4. The Labute approximate surface area is 216 Å². The van der Waals surface area contributed by atoms with E-state index >= 15 is 0 Å². The van der Waals surface area contributed by atoms with Crippen LogP contribution in [0.25, 0.3) is 0 Å². The number of hydrogen-bond donors (Lipinski definition) is 1. The third-order valence-corrected chi connectivity index (χ3v) is 11.9. The molecule has 1 aromatic carbocycles. The van der Waals surface area contributed by atoms with Gasteiger partial charge in [-0.2, -0.15) is 0 Å². The van der Waals surface area contributed by atoms with E-state index in [4.69, 9.17) is 0 Å². The van der Waals surface area contributed by atoms with Crippen molar-refractivity contribution in [2.45, 2.75) is 118 Å². The maximum atomic E-state index is 9.42. The number of benzene rings is 1. The molecule has 8 atom stereocenters. The lowest BCUT2D eigenvalue weighted by molar-refractivity contribution is -0.0510. The van der Waals surface area contributed by atoms with Crippen LogP contribution in [0.4, 0.5) is 0 Å². The second-order valence-electron chi connectivity index (χ2n) is 14.1. The molecule has 3 fully saturated rings. The molecule has 0 aromatic heterocycles. The van der Waals surface area contributed by atoms with Gasteiger partial charge in [0, 0.05) is 0 Å². The standard InChI is InChI=1S/C34H52O/c1-23(2)7-6-8-24(3)30-15-16-31-29-14-13-28-21-27(26-11-9-25(22-35)10-12-26)17-19-33(28,4)32(29)18-20-34(30,31)5/h9-13,23-24,27,29-32,35H,6-8,14-22H2,1-5H3/t24-,27?,29+,30-,31+,32+,33+,34-/m1/s1. The maximum Gasteiger partial charge on any atom is 0.0681 e. The van der Waals surface area contributed by atoms with E-state index in [-0.39, 0.29) is 6.61 Å². The van der Waals surface area contributed by atoms with Gasteiger partial charge in [-0.25, -0.2) is 0 Å². The first-order chi connectivity index (χ1) is 16.8. The van der Waals surface area contributed by atoms with Crippen LogP contribution in [-0.4, -0.2) is 5.11 Å². The molecule has 1 heteroatoms. The molecule has 1 nitrogen and oxygen atoms in total. The Morgan fingerprint density at radius 2 is 1.69 bits per heavy atom. The summed E-state index contributed by atoms with van der Waals surface area (Å²) in [5.74, 6) is 6.16. The van der Waals surface area contributed by atoms with Crippen LogP contribution in [0.15, 0.2) is 35.9 Å². The summed E-state index contributed by atoms with van der Waals surface area (Å²) >= 11 is 0. The van der Waals surface area contributed by atoms with Crippen molar-refractivity contribution >= 4 is 0 Å². The number of aliphatic hydroxyl groups excluding tert-OH is 1. The molecule has 3 saturated carbocycles. The molecule has 35 heavy (non-hydrogen) atoms. The molecular formula is C34H52O. The van der Waals surface area contributed by atoms with Crippen molar-refractivity contribution in [3.05, 3.63) is 47.0 Å². The largest absolute Gasteiger partial charge is 0.392 e. The van der Waals surface area contributed by atoms with E-state index in [1.165, 1.54) is 76.2 Å². The van der Waals surface area contributed by atoms with Crippen LogP contribution in [0.2, 0.25) is 0 Å². The summed E-state index contributed by atoms with van der Waals surface area (Å²) in [4.78, 5) is 0. The lowest BCUT2D eigenvalue weighted by atomic mass is 9.46. The zero-order chi connectivity index (χ0) is 24.8. The predicted octanol–water partition coefficient (Wildman–Crippen LogP) is 9.30. The van der Waals surface area contributed by atoms with Gasteiger partial charge in [-0.3, -0.25) is 0 Å². The SMILES string of the molecule is CC(C)CCC[C@@H](C)[C@H]1CC[C@H]2[C@@H]3CC=C4CC(c5ccc(CO)cc5)CC[C@]4(C)[C@H]3CC[C@]12C. The Morgan fingerprint density at radius 1 is 0.914 bits per heavy atom. The van der Waals surface area contributed by atoms with Crippen LogP contribution in [-0.2, 0) is 6.61 Å². The highest BCUT2D eigenvalue weighted by atomic mass is 16.3. The summed E-state index contributed by atoms with van der Waals surface area (Å²) in [5, 5.41) is 9.42. The third-order valence-electron chi connectivity index (χ3n) is 11.9. The maximum absolute atomic E-state index is 9.42. The van der Waals surface area contributed by atoms with Gasteiger partial charge in [-0.15, -0.1) is 0 Å². The van der Waals surface area contributed by atoms with Crippen molar-refractivity contribution in [1.29, 1.82) is 0 Å². The first-order valence-corrected chi connectivity index (χ1v) is 15.2. The van der Waals surface area contributed by atoms with Crippen molar-refractivity contribution < 1.29 is 5.11 Å². The molecule has 1 N–H and O–H groups in total. The Morgan fingerprint density at radius 3 is 2.40 bits per heavy atom. The lowest BCUT2D eigenvalue weighted by Gasteiger charge is -2.58. The molecule has 0 spiro atoms. The fourth-order valence-corrected chi connectivity index (χ4v) is 9.87. The molecule has 0 aliphatic heterocycles. The normalized spacial score (nSPS) is 39.5. The van der Waals surface area contributed by atoms with Gasteiger partial charge in [-0.1, -0.05) is 89.8 Å². The van der Waals surface area contributed by atoms with Gasteiger partial charge >= 0.3 is 0 Å². The van der Waals surface area contributed by atoms with Crippen molar-refractivity contribution in [3.8, 4) is 0 Å². The Bertz CT molecular complexity index is 896. The van der Waals surface area contributed by atoms with Gasteiger partial charge in [0.15, 0.2) is 0 Å². The molecule has 0 saturated heterocycles. The van der Waals surface area contributed by atoms with Crippen LogP contribution in [0, 0.1) is 46.3 Å². The summed E-state index contributed by atoms with van der Waals surface area (Å²) in [7, 11) is 0. The number of fused-ring (bicyclic) bond motifs is 5. The van der Waals surface area contributed by atoms with Crippen LogP contribution >= 0.6 is 0 Å². The summed E-state index contributed by atoms with van der Waals surface area (Å²) in [6.07, 6.45) is 18.2. The number of hydrogen-bond acceptors (Lipinski definition) is 1. The smallest absolute Gasteiger partial charge is 0.0681 e. The van der Waals surface area contributed by atoms with E-state index in [1.54, 1.807) is 5.57 Å². The monoisotopic (exact) mass is 476 g/mol. The average molecular weight is 477 g/mol. The van der Waals surface area contributed by atoms with Crippen LogP contribution in [0.5, 0.6) is 0 Å².